The third-order valence-corrected chi connectivity index (χ3v) is 4.67. The van der Waals surface area contributed by atoms with Gasteiger partial charge >= 0.3 is 0 Å². The Morgan fingerprint density at radius 1 is 1.23 bits per heavy atom. The molecule has 0 aliphatic heterocycles. The van der Waals surface area contributed by atoms with Crippen molar-refractivity contribution < 1.29 is 9.18 Å². The van der Waals surface area contributed by atoms with Crippen molar-refractivity contribution in [3.8, 4) is 5.69 Å². The quantitative estimate of drug-likeness (QED) is 0.561. The maximum atomic E-state index is 13.1. The van der Waals surface area contributed by atoms with E-state index in [9.17, 15) is 9.18 Å². The molecule has 26 heavy (non-hydrogen) atoms. The minimum Gasteiger partial charge on any atom is -0.351 e. The Labute approximate surface area is 155 Å². The number of carbonyl (C=O) groups excluding carboxylic acids is 1. The smallest absolute Gasteiger partial charge is 0.233 e. The van der Waals surface area contributed by atoms with Crippen LogP contribution < -0.4 is 5.32 Å². The molecule has 0 aliphatic carbocycles. The van der Waals surface area contributed by atoms with Crippen LogP contribution in [0.2, 0.25) is 0 Å². The molecule has 6 nitrogen and oxygen atoms in total. The van der Waals surface area contributed by atoms with Crippen LogP contribution in [0.25, 0.3) is 16.7 Å². The minimum atomic E-state index is -0.318. The molecule has 8 heteroatoms. The lowest BCUT2D eigenvalue weighted by molar-refractivity contribution is -0.121. The molecule has 1 N–H and O–H groups in total. The van der Waals surface area contributed by atoms with E-state index in [2.05, 4.69) is 20.4 Å². The van der Waals surface area contributed by atoms with Gasteiger partial charge in [-0.05, 0) is 52.0 Å². The number of nitrogens with one attached hydrogen (secondary N) is 1. The predicted molar refractivity (Wildman–Crippen MR) is 99.8 cm³/mol. The van der Waals surface area contributed by atoms with Crippen LogP contribution >= 0.6 is 11.8 Å². The van der Waals surface area contributed by atoms with E-state index in [4.69, 9.17) is 0 Å². The lowest BCUT2D eigenvalue weighted by atomic mass is 10.1. The molecule has 0 saturated heterocycles. The molecular weight excluding hydrogens is 353 g/mol. The number of halogens is 1. The number of benzene rings is 1. The number of carbonyl (C=O) groups is 1. The molecule has 1 amide bonds. The Morgan fingerprint density at radius 3 is 2.58 bits per heavy atom. The van der Waals surface area contributed by atoms with Gasteiger partial charge in [0.1, 0.15) is 17.2 Å². The van der Waals surface area contributed by atoms with Gasteiger partial charge in [-0.15, -0.1) is 0 Å². The average Bonchev–Trinajstić information content (AvgIpc) is 2.99. The molecule has 0 aliphatic rings. The second-order valence-corrected chi connectivity index (χ2v) is 8.28. The van der Waals surface area contributed by atoms with Crippen molar-refractivity contribution in [1.29, 1.82) is 0 Å². The highest BCUT2D eigenvalue weighted by Crippen LogP contribution is 2.29. The van der Waals surface area contributed by atoms with Crippen LogP contribution in [0.15, 0.2) is 41.8 Å². The number of hydrogen-bond donors (Lipinski definition) is 1. The number of aromatic nitrogens is 4. The van der Waals surface area contributed by atoms with E-state index in [1.54, 1.807) is 23.0 Å². The molecule has 0 fully saturated rings. The van der Waals surface area contributed by atoms with E-state index in [1.165, 1.54) is 30.2 Å². The van der Waals surface area contributed by atoms with E-state index >= 15 is 0 Å². The number of hydrogen-bond acceptors (Lipinski definition) is 5. The van der Waals surface area contributed by atoms with Crippen molar-refractivity contribution in [3.05, 3.63) is 42.6 Å². The third kappa shape index (κ3) is 4.01. The lowest BCUT2D eigenvalue weighted by Crippen LogP contribution is -2.44. The highest BCUT2D eigenvalue weighted by atomic mass is 32.2. The SMILES string of the molecule is CC(Sc1ncnc2c1cnn2-c1ccc(F)cc1)C(=O)NC(C)(C)C. The summed E-state index contributed by atoms with van der Waals surface area (Å²) in [5.74, 6) is -0.366. The summed E-state index contributed by atoms with van der Waals surface area (Å²) in [6.45, 7) is 7.66. The Hall–Kier alpha value is -2.48. The first-order valence-corrected chi connectivity index (χ1v) is 9.06. The molecule has 2 heterocycles. The highest BCUT2D eigenvalue weighted by molar-refractivity contribution is 8.00. The first-order chi connectivity index (χ1) is 12.2. The van der Waals surface area contributed by atoms with Gasteiger partial charge in [-0.3, -0.25) is 4.79 Å². The lowest BCUT2D eigenvalue weighted by Gasteiger charge is -2.22. The zero-order valence-electron chi connectivity index (χ0n) is 15.0. The molecule has 2 aromatic heterocycles. The van der Waals surface area contributed by atoms with Crippen molar-refractivity contribution >= 4 is 28.7 Å². The van der Waals surface area contributed by atoms with Crippen molar-refractivity contribution in [1.82, 2.24) is 25.1 Å². The molecule has 1 atom stereocenters. The van der Waals surface area contributed by atoms with Gasteiger partial charge in [0, 0.05) is 5.54 Å². The molecule has 3 rings (SSSR count). The van der Waals surface area contributed by atoms with Gasteiger partial charge in [0.15, 0.2) is 5.65 Å². The maximum Gasteiger partial charge on any atom is 0.233 e. The van der Waals surface area contributed by atoms with Gasteiger partial charge in [0.05, 0.1) is 22.5 Å². The zero-order valence-corrected chi connectivity index (χ0v) is 15.8. The van der Waals surface area contributed by atoms with Crippen LogP contribution in [0, 0.1) is 5.82 Å². The molecule has 0 spiro atoms. The summed E-state index contributed by atoms with van der Waals surface area (Å²) in [7, 11) is 0. The molecular formula is C18H20FN5OS. The molecule has 1 aromatic carbocycles. The third-order valence-electron chi connectivity index (χ3n) is 3.56. The molecule has 0 saturated carbocycles. The van der Waals surface area contributed by atoms with Gasteiger partial charge < -0.3 is 5.32 Å². The summed E-state index contributed by atoms with van der Waals surface area (Å²) in [6, 6.07) is 6.02. The van der Waals surface area contributed by atoms with Crippen LogP contribution in [0.5, 0.6) is 0 Å². The summed E-state index contributed by atoms with van der Waals surface area (Å²) in [4.78, 5) is 20.9. The van der Waals surface area contributed by atoms with Crippen LogP contribution in [-0.2, 0) is 4.79 Å². The molecule has 136 valence electrons. The van der Waals surface area contributed by atoms with Crippen LogP contribution in [-0.4, -0.2) is 36.4 Å². The first kappa shape index (κ1) is 18.3. The fraction of sp³-hybridized carbons (Fsp3) is 0.333. The van der Waals surface area contributed by atoms with E-state index in [0.717, 1.165) is 5.39 Å². The maximum absolute atomic E-state index is 13.1. The van der Waals surface area contributed by atoms with E-state index in [0.29, 0.717) is 16.4 Å². The van der Waals surface area contributed by atoms with Crippen molar-refractivity contribution in [2.75, 3.05) is 0 Å². The summed E-state index contributed by atoms with van der Waals surface area (Å²) in [6.07, 6.45) is 3.11. The van der Waals surface area contributed by atoms with Gasteiger partial charge in [-0.1, -0.05) is 11.8 Å². The monoisotopic (exact) mass is 373 g/mol. The Bertz CT molecular complexity index is 933. The zero-order chi connectivity index (χ0) is 18.9. The van der Waals surface area contributed by atoms with Crippen LogP contribution in [0.3, 0.4) is 0 Å². The normalized spacial score (nSPS) is 13.0. The number of rotatable bonds is 4. The summed E-state index contributed by atoms with van der Waals surface area (Å²) in [5, 5.41) is 8.42. The largest absolute Gasteiger partial charge is 0.351 e. The van der Waals surface area contributed by atoms with Crippen LogP contribution in [0.4, 0.5) is 4.39 Å². The fourth-order valence-electron chi connectivity index (χ4n) is 2.38. The number of thioether (sulfide) groups is 1. The summed E-state index contributed by atoms with van der Waals surface area (Å²) in [5.41, 5.74) is 1.02. The van der Waals surface area contributed by atoms with Gasteiger partial charge in [0.2, 0.25) is 5.91 Å². The van der Waals surface area contributed by atoms with E-state index in [1.807, 2.05) is 27.7 Å². The van der Waals surface area contributed by atoms with E-state index in [-0.39, 0.29) is 22.5 Å². The molecule has 0 radical (unpaired) electrons. The summed E-state index contributed by atoms with van der Waals surface area (Å²) >= 11 is 1.36. The van der Waals surface area contributed by atoms with Gasteiger partial charge in [0.25, 0.3) is 0 Å². The molecule has 0 bridgehead atoms. The fourth-order valence-corrected chi connectivity index (χ4v) is 3.26. The highest BCUT2D eigenvalue weighted by Gasteiger charge is 2.22. The van der Waals surface area contributed by atoms with Gasteiger partial charge in [-0.25, -0.2) is 19.0 Å². The van der Waals surface area contributed by atoms with E-state index < -0.39 is 0 Å². The van der Waals surface area contributed by atoms with Gasteiger partial charge in [-0.2, -0.15) is 5.10 Å². The Kier molecular flexibility index (Phi) is 4.95. The standard InChI is InChI=1S/C18H20FN5OS/c1-11(16(25)23-18(2,3)4)26-17-14-9-22-24(15(14)20-10-21-17)13-7-5-12(19)6-8-13/h5-11H,1-4H3,(H,23,25). The minimum absolute atomic E-state index is 0.0554. The number of fused-ring (bicyclic) bond motifs is 1. The van der Waals surface area contributed by atoms with Crippen molar-refractivity contribution in [2.24, 2.45) is 0 Å². The second kappa shape index (κ2) is 7.03. The first-order valence-electron chi connectivity index (χ1n) is 8.18. The summed E-state index contributed by atoms with van der Waals surface area (Å²) < 4.78 is 14.8. The Morgan fingerprint density at radius 2 is 1.92 bits per heavy atom. The average molecular weight is 373 g/mol. The molecule has 1 unspecified atom stereocenters. The molecule has 3 aromatic rings. The Balaban J connectivity index is 1.89. The van der Waals surface area contributed by atoms with Crippen molar-refractivity contribution in [2.45, 2.75) is 43.5 Å². The number of amides is 1. The predicted octanol–water partition coefficient (Wildman–Crippen LogP) is 3.35. The van der Waals surface area contributed by atoms with Crippen molar-refractivity contribution in [3.63, 3.8) is 0 Å². The number of nitrogens with zero attached hydrogens (tertiary/aromatic N) is 4. The topological polar surface area (TPSA) is 72.7 Å². The van der Waals surface area contributed by atoms with Crippen LogP contribution in [0.1, 0.15) is 27.7 Å². The second-order valence-electron chi connectivity index (χ2n) is 6.95.